The first-order valence-corrected chi connectivity index (χ1v) is 8.28. The van der Waals surface area contributed by atoms with E-state index in [0.29, 0.717) is 25.0 Å². The van der Waals surface area contributed by atoms with Crippen molar-refractivity contribution in [3.63, 3.8) is 0 Å². The van der Waals surface area contributed by atoms with E-state index in [1.54, 1.807) is 11.3 Å². The van der Waals surface area contributed by atoms with Crippen molar-refractivity contribution in [2.45, 2.75) is 45.7 Å². The number of carbonyl (C=O) groups is 1. The number of anilines is 1. The molecule has 0 amide bonds. The largest absolute Gasteiger partial charge is 0.481 e. The molecular formula is C14H21N5O3S. The molecule has 1 aliphatic carbocycles. The number of rotatable bonds is 5. The summed E-state index contributed by atoms with van der Waals surface area (Å²) >= 11 is 1.80. The Morgan fingerprint density at radius 2 is 2.04 bits per heavy atom. The Balaban J connectivity index is 0.000000433. The number of aryl methyl sites for hydroxylation is 2. The summed E-state index contributed by atoms with van der Waals surface area (Å²) < 4.78 is 5.43. The SMILES string of the molecule is CC(=O)O.CNCc1nnc(NCc2nc3c(s2)CCCC3)o1. The van der Waals surface area contributed by atoms with Crippen LogP contribution in [0.4, 0.5) is 6.01 Å². The predicted octanol–water partition coefficient (Wildman–Crippen LogP) is 1.83. The van der Waals surface area contributed by atoms with E-state index in [9.17, 15) is 0 Å². The van der Waals surface area contributed by atoms with Gasteiger partial charge in [0.05, 0.1) is 18.8 Å². The second-order valence-electron chi connectivity index (χ2n) is 5.09. The number of nitrogens with one attached hydrogen (secondary N) is 2. The highest BCUT2D eigenvalue weighted by Gasteiger charge is 2.15. The van der Waals surface area contributed by atoms with Gasteiger partial charge in [0.2, 0.25) is 5.89 Å². The van der Waals surface area contributed by atoms with Crippen LogP contribution in [0.5, 0.6) is 0 Å². The molecule has 0 aliphatic heterocycles. The Bertz CT molecular complexity index is 613. The van der Waals surface area contributed by atoms with Gasteiger partial charge in [-0.15, -0.1) is 16.4 Å². The summed E-state index contributed by atoms with van der Waals surface area (Å²) in [7, 11) is 1.84. The van der Waals surface area contributed by atoms with E-state index in [4.69, 9.17) is 14.3 Å². The number of hydrogen-bond acceptors (Lipinski definition) is 8. The van der Waals surface area contributed by atoms with Crippen LogP contribution in [0, 0.1) is 0 Å². The van der Waals surface area contributed by atoms with Gasteiger partial charge in [-0.3, -0.25) is 4.79 Å². The average Bonchev–Trinajstić information content (AvgIpc) is 3.10. The van der Waals surface area contributed by atoms with Crippen LogP contribution >= 0.6 is 11.3 Å². The molecule has 23 heavy (non-hydrogen) atoms. The molecule has 0 unspecified atom stereocenters. The fourth-order valence-corrected chi connectivity index (χ4v) is 3.28. The second-order valence-corrected chi connectivity index (χ2v) is 6.26. The minimum absolute atomic E-state index is 0.457. The summed E-state index contributed by atoms with van der Waals surface area (Å²) in [5, 5.41) is 22.5. The van der Waals surface area contributed by atoms with E-state index in [1.807, 2.05) is 7.05 Å². The van der Waals surface area contributed by atoms with Gasteiger partial charge in [-0.2, -0.15) is 0 Å². The Hall–Kier alpha value is -2.00. The predicted molar refractivity (Wildman–Crippen MR) is 86.5 cm³/mol. The third kappa shape index (κ3) is 5.61. The first kappa shape index (κ1) is 17.4. The molecule has 0 aromatic carbocycles. The van der Waals surface area contributed by atoms with Crippen molar-refractivity contribution in [3.05, 3.63) is 21.5 Å². The number of nitrogens with zero attached hydrogens (tertiary/aromatic N) is 3. The average molecular weight is 339 g/mol. The molecule has 0 spiro atoms. The number of carboxylic acids is 1. The summed E-state index contributed by atoms with van der Waals surface area (Å²) in [4.78, 5) is 15.1. The molecule has 9 heteroatoms. The van der Waals surface area contributed by atoms with Gasteiger partial charge in [0, 0.05) is 11.8 Å². The van der Waals surface area contributed by atoms with Gasteiger partial charge in [0.1, 0.15) is 5.01 Å². The lowest BCUT2D eigenvalue weighted by molar-refractivity contribution is -0.134. The smallest absolute Gasteiger partial charge is 0.315 e. The van der Waals surface area contributed by atoms with Gasteiger partial charge in [-0.1, -0.05) is 5.10 Å². The maximum atomic E-state index is 9.00. The lowest BCUT2D eigenvalue weighted by atomic mass is 10.0. The second kappa shape index (κ2) is 8.59. The van der Waals surface area contributed by atoms with Crippen LogP contribution in [-0.4, -0.2) is 33.3 Å². The molecule has 0 atom stereocenters. The van der Waals surface area contributed by atoms with Crippen molar-refractivity contribution in [2.75, 3.05) is 12.4 Å². The molecular weight excluding hydrogens is 318 g/mol. The van der Waals surface area contributed by atoms with Crippen molar-refractivity contribution in [3.8, 4) is 0 Å². The van der Waals surface area contributed by atoms with E-state index in [0.717, 1.165) is 18.4 Å². The van der Waals surface area contributed by atoms with Crippen molar-refractivity contribution in [2.24, 2.45) is 0 Å². The number of hydrogen-bond donors (Lipinski definition) is 3. The first-order chi connectivity index (χ1) is 11.1. The maximum Gasteiger partial charge on any atom is 0.315 e. The monoisotopic (exact) mass is 339 g/mol. The summed E-state index contributed by atoms with van der Waals surface area (Å²) in [5.41, 5.74) is 1.29. The van der Waals surface area contributed by atoms with Crippen LogP contribution in [0.15, 0.2) is 4.42 Å². The highest BCUT2D eigenvalue weighted by molar-refractivity contribution is 7.11. The molecule has 1 aliphatic rings. The van der Waals surface area contributed by atoms with Crippen LogP contribution in [-0.2, 0) is 30.7 Å². The van der Waals surface area contributed by atoms with E-state index < -0.39 is 5.97 Å². The summed E-state index contributed by atoms with van der Waals surface area (Å²) in [6.45, 7) is 2.32. The third-order valence-corrected chi connectivity index (χ3v) is 4.23. The van der Waals surface area contributed by atoms with Gasteiger partial charge in [-0.05, 0) is 32.7 Å². The highest BCUT2D eigenvalue weighted by Crippen LogP contribution is 2.26. The van der Waals surface area contributed by atoms with E-state index in [2.05, 4.69) is 25.8 Å². The van der Waals surface area contributed by atoms with Crippen LogP contribution in [0.25, 0.3) is 0 Å². The van der Waals surface area contributed by atoms with E-state index >= 15 is 0 Å². The number of carboxylic acid groups (broad SMARTS) is 1. The fourth-order valence-electron chi connectivity index (χ4n) is 2.18. The molecule has 8 nitrogen and oxygen atoms in total. The zero-order chi connectivity index (χ0) is 16.7. The molecule has 2 aromatic rings. The Morgan fingerprint density at radius 3 is 2.74 bits per heavy atom. The number of thiazole rings is 1. The Labute approximate surface area is 138 Å². The Morgan fingerprint density at radius 1 is 1.30 bits per heavy atom. The van der Waals surface area contributed by atoms with Gasteiger partial charge < -0.3 is 20.2 Å². The molecule has 0 saturated heterocycles. The molecule has 3 rings (SSSR count). The van der Waals surface area contributed by atoms with E-state index in [1.165, 1.54) is 29.8 Å². The molecule has 0 saturated carbocycles. The van der Waals surface area contributed by atoms with Crippen LogP contribution in [0.1, 0.15) is 41.2 Å². The molecule has 0 radical (unpaired) electrons. The number of fused-ring (bicyclic) bond motifs is 1. The normalized spacial score (nSPS) is 13.0. The van der Waals surface area contributed by atoms with Crippen LogP contribution in [0.3, 0.4) is 0 Å². The van der Waals surface area contributed by atoms with Crippen molar-refractivity contribution in [1.82, 2.24) is 20.5 Å². The quantitative estimate of drug-likeness (QED) is 0.756. The van der Waals surface area contributed by atoms with Crippen LogP contribution in [0.2, 0.25) is 0 Å². The minimum atomic E-state index is -0.833. The topological polar surface area (TPSA) is 113 Å². The molecule has 2 aromatic heterocycles. The number of aliphatic carboxylic acids is 1. The van der Waals surface area contributed by atoms with Gasteiger partial charge in [0.25, 0.3) is 5.97 Å². The highest BCUT2D eigenvalue weighted by atomic mass is 32.1. The van der Waals surface area contributed by atoms with Gasteiger partial charge in [0.15, 0.2) is 0 Å². The number of aromatic nitrogens is 3. The first-order valence-electron chi connectivity index (χ1n) is 7.46. The molecule has 0 fully saturated rings. The molecule has 3 N–H and O–H groups in total. The van der Waals surface area contributed by atoms with Crippen molar-refractivity contribution < 1.29 is 14.3 Å². The van der Waals surface area contributed by atoms with Crippen LogP contribution < -0.4 is 10.6 Å². The molecule has 2 heterocycles. The summed E-state index contributed by atoms with van der Waals surface area (Å²) in [6, 6.07) is 0.457. The Kier molecular flexibility index (Phi) is 6.48. The standard InChI is InChI=1S/C12H17N5OS.C2H4O2/c1-13-6-10-16-17-12(18-10)14-7-11-15-8-4-2-3-5-9(8)19-11;1-2(3)4/h13H,2-7H2,1H3,(H,14,17);1H3,(H,3,4). The fraction of sp³-hybridized carbons (Fsp3) is 0.571. The lowest BCUT2D eigenvalue weighted by Crippen LogP contribution is -2.04. The summed E-state index contributed by atoms with van der Waals surface area (Å²) in [5.74, 6) is -0.247. The maximum absolute atomic E-state index is 9.00. The lowest BCUT2D eigenvalue weighted by Gasteiger charge is -2.06. The third-order valence-electron chi connectivity index (χ3n) is 3.08. The van der Waals surface area contributed by atoms with Gasteiger partial charge >= 0.3 is 6.01 Å². The summed E-state index contributed by atoms with van der Waals surface area (Å²) in [6.07, 6.45) is 4.86. The van der Waals surface area contributed by atoms with Gasteiger partial charge in [-0.25, -0.2) is 4.98 Å². The molecule has 0 bridgehead atoms. The zero-order valence-electron chi connectivity index (χ0n) is 13.3. The van der Waals surface area contributed by atoms with E-state index in [-0.39, 0.29) is 0 Å². The van der Waals surface area contributed by atoms with Crippen molar-refractivity contribution >= 4 is 23.3 Å². The molecule has 126 valence electrons. The van der Waals surface area contributed by atoms with Crippen molar-refractivity contribution in [1.29, 1.82) is 0 Å². The zero-order valence-corrected chi connectivity index (χ0v) is 14.1. The minimum Gasteiger partial charge on any atom is -0.481 e.